The van der Waals surface area contributed by atoms with Crippen molar-refractivity contribution in [2.75, 3.05) is 0 Å². The second kappa shape index (κ2) is 2.72. The van der Waals surface area contributed by atoms with Crippen LogP contribution in [0.4, 0.5) is 0 Å². The Morgan fingerprint density at radius 1 is 1.70 bits per heavy atom. The van der Waals surface area contributed by atoms with E-state index in [0.29, 0.717) is 0 Å². The molecule has 56 valence electrons. The van der Waals surface area contributed by atoms with Crippen LogP contribution >= 0.6 is 11.3 Å². The Morgan fingerprint density at radius 3 is 2.80 bits per heavy atom. The number of hydrogen-bond acceptors (Lipinski definition) is 2. The highest BCUT2D eigenvalue weighted by Crippen LogP contribution is 2.27. The number of thiophene rings is 1. The minimum Gasteiger partial charge on any atom is -0.385 e. The monoisotopic (exact) mass is 156 g/mol. The number of rotatable bonds is 2. The van der Waals surface area contributed by atoms with Gasteiger partial charge in [-0.15, -0.1) is 11.3 Å². The number of aliphatic hydroxyl groups is 1. The van der Waals surface area contributed by atoms with E-state index < -0.39 is 5.60 Å². The van der Waals surface area contributed by atoms with Gasteiger partial charge >= 0.3 is 0 Å². The maximum Gasteiger partial charge on any atom is 0.0957 e. The first-order valence-electron chi connectivity index (χ1n) is 3.43. The van der Waals surface area contributed by atoms with Crippen molar-refractivity contribution in [2.24, 2.45) is 0 Å². The maximum absolute atomic E-state index is 9.69. The van der Waals surface area contributed by atoms with E-state index in [1.54, 1.807) is 11.3 Å². The molecule has 0 bridgehead atoms. The van der Waals surface area contributed by atoms with E-state index >= 15 is 0 Å². The van der Waals surface area contributed by atoms with Crippen molar-refractivity contribution in [3.05, 3.63) is 22.4 Å². The Bertz CT molecular complexity index is 189. The summed E-state index contributed by atoms with van der Waals surface area (Å²) in [5.74, 6) is 0. The van der Waals surface area contributed by atoms with E-state index in [0.717, 1.165) is 11.3 Å². The lowest BCUT2D eigenvalue weighted by atomic mass is 10.0. The molecule has 2 heteroatoms. The summed E-state index contributed by atoms with van der Waals surface area (Å²) in [4.78, 5) is 1.05. The smallest absolute Gasteiger partial charge is 0.0957 e. The van der Waals surface area contributed by atoms with Crippen LogP contribution in [-0.2, 0) is 5.60 Å². The van der Waals surface area contributed by atoms with Crippen LogP contribution in [0.5, 0.6) is 0 Å². The standard InChI is InChI=1S/C8H12OS/c1-3-8(2,9)7-5-4-6-10-7/h4-6,9H,3H2,1-2H3. The molecule has 1 aromatic rings. The molecule has 0 aliphatic heterocycles. The summed E-state index contributed by atoms with van der Waals surface area (Å²) < 4.78 is 0. The number of hydrogen-bond donors (Lipinski definition) is 1. The Labute approximate surface area is 65.3 Å². The topological polar surface area (TPSA) is 20.2 Å². The Kier molecular flexibility index (Phi) is 2.11. The summed E-state index contributed by atoms with van der Waals surface area (Å²) in [5.41, 5.74) is -0.617. The van der Waals surface area contributed by atoms with E-state index in [1.807, 2.05) is 31.4 Å². The van der Waals surface area contributed by atoms with Crippen LogP contribution in [0.15, 0.2) is 17.5 Å². The van der Waals surface area contributed by atoms with Gasteiger partial charge in [-0.25, -0.2) is 0 Å². The highest BCUT2D eigenvalue weighted by Gasteiger charge is 2.20. The van der Waals surface area contributed by atoms with Crippen molar-refractivity contribution < 1.29 is 5.11 Å². The second-order valence-corrected chi connectivity index (χ2v) is 3.55. The first-order valence-corrected chi connectivity index (χ1v) is 4.31. The lowest BCUT2D eigenvalue weighted by molar-refractivity contribution is 0.0569. The molecule has 1 rings (SSSR count). The van der Waals surface area contributed by atoms with Gasteiger partial charge in [0.25, 0.3) is 0 Å². The Balaban J connectivity index is 2.85. The Hall–Kier alpha value is -0.340. The molecule has 1 atom stereocenters. The van der Waals surface area contributed by atoms with Crippen LogP contribution in [0.2, 0.25) is 0 Å². The summed E-state index contributed by atoms with van der Waals surface area (Å²) in [6, 6.07) is 3.93. The lowest BCUT2D eigenvalue weighted by Crippen LogP contribution is -2.17. The molecule has 0 amide bonds. The normalized spacial score (nSPS) is 16.7. The first-order chi connectivity index (χ1) is 4.67. The highest BCUT2D eigenvalue weighted by atomic mass is 32.1. The largest absolute Gasteiger partial charge is 0.385 e. The van der Waals surface area contributed by atoms with Crippen molar-refractivity contribution in [3.8, 4) is 0 Å². The van der Waals surface area contributed by atoms with Gasteiger partial charge < -0.3 is 5.11 Å². The van der Waals surface area contributed by atoms with Crippen molar-refractivity contribution in [3.63, 3.8) is 0 Å². The van der Waals surface area contributed by atoms with Crippen LogP contribution in [0.25, 0.3) is 0 Å². The minimum atomic E-state index is -0.617. The predicted octanol–water partition coefficient (Wildman–Crippen LogP) is 2.37. The third-order valence-electron chi connectivity index (χ3n) is 1.74. The molecule has 0 saturated heterocycles. The lowest BCUT2D eigenvalue weighted by Gasteiger charge is -2.18. The van der Waals surface area contributed by atoms with Gasteiger partial charge in [-0.3, -0.25) is 0 Å². The quantitative estimate of drug-likeness (QED) is 0.697. The molecule has 10 heavy (non-hydrogen) atoms. The van der Waals surface area contributed by atoms with E-state index in [2.05, 4.69) is 0 Å². The third kappa shape index (κ3) is 1.39. The van der Waals surface area contributed by atoms with Crippen LogP contribution in [0.1, 0.15) is 25.1 Å². The fraction of sp³-hybridized carbons (Fsp3) is 0.500. The zero-order valence-electron chi connectivity index (χ0n) is 6.29. The molecule has 0 aliphatic carbocycles. The zero-order valence-corrected chi connectivity index (χ0v) is 7.11. The van der Waals surface area contributed by atoms with Gasteiger partial charge in [-0.1, -0.05) is 13.0 Å². The molecule has 0 fully saturated rings. The van der Waals surface area contributed by atoms with E-state index in [-0.39, 0.29) is 0 Å². The summed E-state index contributed by atoms with van der Waals surface area (Å²) in [6.45, 7) is 3.83. The minimum absolute atomic E-state index is 0.617. The second-order valence-electron chi connectivity index (χ2n) is 2.60. The average molecular weight is 156 g/mol. The zero-order chi connectivity index (χ0) is 7.61. The molecular weight excluding hydrogens is 144 g/mol. The summed E-state index contributed by atoms with van der Waals surface area (Å²) in [7, 11) is 0. The maximum atomic E-state index is 9.69. The van der Waals surface area contributed by atoms with Crippen LogP contribution in [0.3, 0.4) is 0 Å². The van der Waals surface area contributed by atoms with Gasteiger partial charge in [0, 0.05) is 4.88 Å². The van der Waals surface area contributed by atoms with E-state index in [9.17, 15) is 5.11 Å². The predicted molar refractivity (Wildman–Crippen MR) is 44.2 cm³/mol. The fourth-order valence-electron chi connectivity index (χ4n) is 0.759. The van der Waals surface area contributed by atoms with Gasteiger partial charge in [-0.2, -0.15) is 0 Å². The molecule has 0 saturated carbocycles. The van der Waals surface area contributed by atoms with Gasteiger partial charge in [-0.05, 0) is 24.8 Å². The average Bonchev–Trinajstić information content (AvgIpc) is 2.38. The summed E-state index contributed by atoms with van der Waals surface area (Å²) in [5, 5.41) is 11.7. The Morgan fingerprint density at radius 2 is 2.40 bits per heavy atom. The molecule has 0 aliphatic rings. The van der Waals surface area contributed by atoms with E-state index in [1.165, 1.54) is 0 Å². The van der Waals surface area contributed by atoms with Gasteiger partial charge in [0.05, 0.1) is 5.60 Å². The van der Waals surface area contributed by atoms with Crippen molar-refractivity contribution in [1.29, 1.82) is 0 Å². The highest BCUT2D eigenvalue weighted by molar-refractivity contribution is 7.10. The molecule has 1 aromatic heterocycles. The van der Waals surface area contributed by atoms with Crippen molar-refractivity contribution in [1.82, 2.24) is 0 Å². The molecular formula is C8H12OS. The van der Waals surface area contributed by atoms with Crippen molar-refractivity contribution in [2.45, 2.75) is 25.9 Å². The summed E-state index contributed by atoms with van der Waals surface area (Å²) in [6.07, 6.45) is 0.771. The van der Waals surface area contributed by atoms with Crippen LogP contribution < -0.4 is 0 Å². The molecule has 0 aromatic carbocycles. The molecule has 0 spiro atoms. The molecule has 0 radical (unpaired) electrons. The molecule has 1 N–H and O–H groups in total. The fourth-order valence-corrected chi connectivity index (χ4v) is 1.62. The van der Waals surface area contributed by atoms with Crippen molar-refractivity contribution >= 4 is 11.3 Å². The van der Waals surface area contributed by atoms with Crippen LogP contribution in [-0.4, -0.2) is 5.11 Å². The SMILES string of the molecule is CCC(C)(O)c1cccs1. The first kappa shape index (κ1) is 7.76. The van der Waals surface area contributed by atoms with E-state index in [4.69, 9.17) is 0 Å². The van der Waals surface area contributed by atoms with Crippen LogP contribution in [0, 0.1) is 0 Å². The third-order valence-corrected chi connectivity index (χ3v) is 2.86. The van der Waals surface area contributed by atoms with Gasteiger partial charge in [0.2, 0.25) is 0 Å². The summed E-state index contributed by atoms with van der Waals surface area (Å²) >= 11 is 1.60. The molecule has 1 nitrogen and oxygen atoms in total. The van der Waals surface area contributed by atoms with Gasteiger partial charge in [0.15, 0.2) is 0 Å². The van der Waals surface area contributed by atoms with Gasteiger partial charge in [0.1, 0.15) is 0 Å². The molecule has 1 heterocycles. The molecule has 1 unspecified atom stereocenters.